The van der Waals surface area contributed by atoms with Gasteiger partial charge in [-0.05, 0) is 26.0 Å². The van der Waals surface area contributed by atoms with Crippen LogP contribution < -0.4 is 0 Å². The lowest BCUT2D eigenvalue weighted by Crippen LogP contribution is -2.18. The number of aromatic nitrogens is 3. The lowest BCUT2D eigenvalue weighted by atomic mass is 10.1. The Bertz CT molecular complexity index is 428. The van der Waals surface area contributed by atoms with E-state index in [9.17, 15) is 5.11 Å². The van der Waals surface area contributed by atoms with Crippen LogP contribution in [0.5, 0.6) is 0 Å². The second-order valence-corrected chi connectivity index (χ2v) is 3.50. The van der Waals surface area contributed by atoms with Gasteiger partial charge in [0.2, 0.25) is 0 Å². The summed E-state index contributed by atoms with van der Waals surface area (Å²) in [5.74, 6) is 0. The molecule has 0 bridgehead atoms. The minimum atomic E-state index is -0.909. The van der Waals surface area contributed by atoms with Crippen LogP contribution in [-0.2, 0) is 5.60 Å². The van der Waals surface area contributed by atoms with Crippen molar-refractivity contribution in [2.75, 3.05) is 0 Å². The van der Waals surface area contributed by atoms with E-state index in [1.54, 1.807) is 30.8 Å². The van der Waals surface area contributed by atoms with Crippen LogP contribution in [0.15, 0.2) is 24.5 Å². The molecule has 2 aromatic heterocycles. The van der Waals surface area contributed by atoms with Crippen LogP contribution in [-0.4, -0.2) is 19.7 Å². The normalized spacial score (nSPS) is 12.2. The monoisotopic (exact) mass is 177 g/mol. The third kappa shape index (κ3) is 1.29. The molecule has 0 spiro atoms. The van der Waals surface area contributed by atoms with Gasteiger partial charge in [-0.25, -0.2) is 9.50 Å². The molecule has 0 aliphatic heterocycles. The number of imidazole rings is 1. The van der Waals surface area contributed by atoms with Gasteiger partial charge in [-0.3, -0.25) is 0 Å². The van der Waals surface area contributed by atoms with E-state index in [-0.39, 0.29) is 0 Å². The summed E-state index contributed by atoms with van der Waals surface area (Å²) >= 11 is 0. The van der Waals surface area contributed by atoms with Gasteiger partial charge in [-0.1, -0.05) is 0 Å². The molecule has 0 aromatic carbocycles. The molecule has 0 radical (unpaired) electrons. The zero-order valence-electron chi connectivity index (χ0n) is 7.60. The number of rotatable bonds is 1. The molecule has 0 saturated heterocycles. The highest BCUT2D eigenvalue weighted by Gasteiger charge is 2.20. The summed E-state index contributed by atoms with van der Waals surface area (Å²) in [5.41, 5.74) is 0.538. The lowest BCUT2D eigenvalue weighted by molar-refractivity contribution is 0.0718. The highest BCUT2D eigenvalue weighted by atomic mass is 16.3. The topological polar surface area (TPSA) is 50.4 Å². The summed E-state index contributed by atoms with van der Waals surface area (Å²) in [6.45, 7) is 3.43. The van der Waals surface area contributed by atoms with Crippen molar-refractivity contribution < 1.29 is 5.11 Å². The molecule has 4 nitrogen and oxygen atoms in total. The van der Waals surface area contributed by atoms with E-state index in [0.717, 1.165) is 5.65 Å². The van der Waals surface area contributed by atoms with E-state index in [4.69, 9.17) is 0 Å². The molecule has 13 heavy (non-hydrogen) atoms. The second kappa shape index (κ2) is 2.53. The van der Waals surface area contributed by atoms with Gasteiger partial charge in [-0.2, -0.15) is 5.10 Å². The molecule has 0 atom stereocenters. The molecule has 0 saturated carbocycles. The van der Waals surface area contributed by atoms with Crippen LogP contribution in [0, 0.1) is 0 Å². The van der Waals surface area contributed by atoms with E-state index in [0.29, 0.717) is 5.69 Å². The van der Waals surface area contributed by atoms with Crippen molar-refractivity contribution in [3.05, 3.63) is 30.2 Å². The smallest absolute Gasteiger partial charge is 0.153 e. The fourth-order valence-corrected chi connectivity index (χ4v) is 1.25. The van der Waals surface area contributed by atoms with Crippen LogP contribution in [0.2, 0.25) is 0 Å². The largest absolute Gasteiger partial charge is 0.384 e. The minimum absolute atomic E-state index is 0.697. The molecule has 0 fully saturated rings. The molecule has 2 heterocycles. The molecule has 2 aromatic rings. The Hall–Kier alpha value is -1.42. The van der Waals surface area contributed by atoms with Gasteiger partial charge >= 0.3 is 0 Å². The molecule has 0 aliphatic rings. The van der Waals surface area contributed by atoms with Crippen LogP contribution in [0.3, 0.4) is 0 Å². The van der Waals surface area contributed by atoms with Crippen LogP contribution >= 0.6 is 0 Å². The van der Waals surface area contributed by atoms with Gasteiger partial charge < -0.3 is 5.11 Å². The first-order chi connectivity index (χ1) is 6.09. The van der Waals surface area contributed by atoms with Crippen molar-refractivity contribution in [2.45, 2.75) is 19.4 Å². The first-order valence-corrected chi connectivity index (χ1v) is 4.10. The Kier molecular flexibility index (Phi) is 1.60. The highest BCUT2D eigenvalue weighted by Crippen LogP contribution is 2.19. The Balaban J connectivity index is 2.72. The standard InChI is InChI=1S/C9H11N3O/c1-9(2,13)7-6-10-8-4-3-5-11-12(7)8/h3-6,13H,1-2H3. The van der Waals surface area contributed by atoms with Crippen molar-refractivity contribution in [2.24, 2.45) is 0 Å². The first-order valence-electron chi connectivity index (χ1n) is 4.10. The lowest BCUT2D eigenvalue weighted by Gasteiger charge is -2.15. The summed E-state index contributed by atoms with van der Waals surface area (Å²) in [4.78, 5) is 4.13. The van der Waals surface area contributed by atoms with E-state index in [2.05, 4.69) is 10.1 Å². The maximum atomic E-state index is 9.78. The zero-order chi connectivity index (χ0) is 9.47. The maximum absolute atomic E-state index is 9.78. The van der Waals surface area contributed by atoms with Gasteiger partial charge in [0.15, 0.2) is 5.65 Å². The molecule has 2 rings (SSSR count). The molecular weight excluding hydrogens is 166 g/mol. The van der Waals surface area contributed by atoms with Crippen molar-refractivity contribution in [3.8, 4) is 0 Å². The first kappa shape index (κ1) is 8.19. The number of hydrogen-bond acceptors (Lipinski definition) is 3. The molecule has 68 valence electrons. The summed E-state index contributed by atoms with van der Waals surface area (Å²) in [5, 5.41) is 13.9. The summed E-state index contributed by atoms with van der Waals surface area (Å²) < 4.78 is 1.64. The third-order valence-electron chi connectivity index (χ3n) is 1.90. The Morgan fingerprint density at radius 2 is 2.23 bits per heavy atom. The molecular formula is C9H11N3O. The predicted octanol–water partition coefficient (Wildman–Crippen LogP) is 0.957. The number of nitrogens with zero attached hydrogens (tertiary/aromatic N) is 3. The van der Waals surface area contributed by atoms with Gasteiger partial charge in [0.25, 0.3) is 0 Å². The quantitative estimate of drug-likeness (QED) is 0.705. The molecule has 0 unspecified atom stereocenters. The van der Waals surface area contributed by atoms with E-state index in [1.165, 1.54) is 0 Å². The van der Waals surface area contributed by atoms with Crippen LogP contribution in [0.1, 0.15) is 19.5 Å². The molecule has 4 heteroatoms. The van der Waals surface area contributed by atoms with Gasteiger partial charge in [-0.15, -0.1) is 0 Å². The number of aliphatic hydroxyl groups is 1. The van der Waals surface area contributed by atoms with E-state index >= 15 is 0 Å². The van der Waals surface area contributed by atoms with E-state index in [1.807, 2.05) is 12.1 Å². The van der Waals surface area contributed by atoms with Gasteiger partial charge in [0, 0.05) is 6.20 Å². The number of fused-ring (bicyclic) bond motifs is 1. The van der Waals surface area contributed by atoms with Crippen molar-refractivity contribution in [1.29, 1.82) is 0 Å². The zero-order valence-corrected chi connectivity index (χ0v) is 7.60. The SMILES string of the molecule is CC(C)(O)c1cnc2cccnn12. The van der Waals surface area contributed by atoms with Gasteiger partial charge in [0.1, 0.15) is 5.60 Å². The van der Waals surface area contributed by atoms with Crippen molar-refractivity contribution >= 4 is 5.65 Å². The number of hydrogen-bond donors (Lipinski definition) is 1. The molecule has 0 aliphatic carbocycles. The second-order valence-electron chi connectivity index (χ2n) is 3.50. The van der Waals surface area contributed by atoms with Crippen LogP contribution in [0.4, 0.5) is 0 Å². The van der Waals surface area contributed by atoms with Crippen LogP contribution in [0.25, 0.3) is 5.65 Å². The highest BCUT2D eigenvalue weighted by molar-refractivity contribution is 5.38. The average molecular weight is 177 g/mol. The molecule has 1 N–H and O–H groups in total. The minimum Gasteiger partial charge on any atom is -0.384 e. The fourth-order valence-electron chi connectivity index (χ4n) is 1.25. The van der Waals surface area contributed by atoms with Crippen molar-refractivity contribution in [1.82, 2.24) is 14.6 Å². The summed E-state index contributed by atoms with van der Waals surface area (Å²) in [6.07, 6.45) is 3.31. The van der Waals surface area contributed by atoms with E-state index < -0.39 is 5.60 Å². The summed E-state index contributed by atoms with van der Waals surface area (Å²) in [6, 6.07) is 3.67. The predicted molar refractivity (Wildman–Crippen MR) is 48.2 cm³/mol. The van der Waals surface area contributed by atoms with Gasteiger partial charge in [0.05, 0.1) is 11.9 Å². The summed E-state index contributed by atoms with van der Waals surface area (Å²) in [7, 11) is 0. The Morgan fingerprint density at radius 1 is 1.46 bits per heavy atom. The Labute approximate surface area is 75.8 Å². The van der Waals surface area contributed by atoms with Crippen molar-refractivity contribution in [3.63, 3.8) is 0 Å². The maximum Gasteiger partial charge on any atom is 0.153 e. The molecule has 0 amide bonds. The Morgan fingerprint density at radius 3 is 2.92 bits per heavy atom. The average Bonchev–Trinajstić information content (AvgIpc) is 2.45. The third-order valence-corrected chi connectivity index (χ3v) is 1.90. The fraction of sp³-hybridized carbons (Fsp3) is 0.333.